The highest BCUT2D eigenvalue weighted by atomic mass is 19.1. The molecule has 0 aliphatic heterocycles. The lowest BCUT2D eigenvalue weighted by Crippen LogP contribution is -2.40. The largest absolute Gasteiger partial charge is 0.346 e. The Morgan fingerprint density at radius 3 is 2.38 bits per heavy atom. The SMILES string of the molecule is CC(C)(C)NC(=O)c1cc(CC(=O)Cc2cccc(F)c2)ccn1. The molecule has 0 bridgehead atoms. The molecule has 24 heavy (non-hydrogen) atoms. The second-order valence-corrected chi connectivity index (χ2v) is 6.78. The zero-order chi connectivity index (χ0) is 17.7. The van der Waals surface area contributed by atoms with Gasteiger partial charge in [0, 0.05) is 24.6 Å². The van der Waals surface area contributed by atoms with Crippen LogP contribution in [0.15, 0.2) is 42.6 Å². The number of Topliss-reactive ketones (excluding diaryl/α,β-unsaturated/α-hetero) is 1. The van der Waals surface area contributed by atoms with Crippen LogP contribution in [0, 0.1) is 5.82 Å². The van der Waals surface area contributed by atoms with Gasteiger partial charge < -0.3 is 5.32 Å². The fourth-order valence-corrected chi connectivity index (χ4v) is 2.28. The van der Waals surface area contributed by atoms with Crippen LogP contribution < -0.4 is 5.32 Å². The summed E-state index contributed by atoms with van der Waals surface area (Å²) in [4.78, 5) is 28.3. The van der Waals surface area contributed by atoms with Gasteiger partial charge in [0.05, 0.1) is 0 Å². The van der Waals surface area contributed by atoms with Crippen LogP contribution in [0.1, 0.15) is 42.4 Å². The van der Waals surface area contributed by atoms with Gasteiger partial charge in [-0.2, -0.15) is 0 Å². The van der Waals surface area contributed by atoms with E-state index in [2.05, 4.69) is 10.3 Å². The van der Waals surface area contributed by atoms with Crippen LogP contribution in [0.2, 0.25) is 0 Å². The third-order valence-corrected chi connectivity index (χ3v) is 3.24. The summed E-state index contributed by atoms with van der Waals surface area (Å²) in [5.74, 6) is -0.679. The molecule has 0 aliphatic carbocycles. The molecule has 1 aromatic heterocycles. The minimum absolute atomic E-state index is 0.0472. The van der Waals surface area contributed by atoms with E-state index in [0.717, 1.165) is 0 Å². The summed E-state index contributed by atoms with van der Waals surface area (Å²) >= 11 is 0. The summed E-state index contributed by atoms with van der Waals surface area (Å²) < 4.78 is 13.2. The van der Waals surface area contributed by atoms with Crippen molar-refractivity contribution in [3.63, 3.8) is 0 Å². The molecule has 0 atom stereocenters. The highest BCUT2D eigenvalue weighted by molar-refractivity contribution is 5.93. The number of benzene rings is 1. The molecule has 1 aromatic carbocycles. The summed E-state index contributed by atoms with van der Waals surface area (Å²) in [7, 11) is 0. The van der Waals surface area contributed by atoms with Crippen LogP contribution in [0.25, 0.3) is 0 Å². The topological polar surface area (TPSA) is 59.1 Å². The van der Waals surface area contributed by atoms with Crippen molar-refractivity contribution in [2.24, 2.45) is 0 Å². The van der Waals surface area contributed by atoms with E-state index < -0.39 is 0 Å². The number of nitrogens with zero attached hydrogens (tertiary/aromatic N) is 1. The molecule has 5 heteroatoms. The molecule has 0 saturated carbocycles. The van der Waals surface area contributed by atoms with Crippen molar-refractivity contribution in [3.8, 4) is 0 Å². The Hall–Kier alpha value is -2.56. The highest BCUT2D eigenvalue weighted by Gasteiger charge is 2.17. The first kappa shape index (κ1) is 17.8. The Bertz CT molecular complexity index is 751. The predicted octanol–water partition coefficient (Wildman–Crippen LogP) is 3.10. The summed E-state index contributed by atoms with van der Waals surface area (Å²) in [6.07, 6.45) is 1.85. The first-order valence-corrected chi connectivity index (χ1v) is 7.76. The molecule has 0 spiro atoms. The minimum Gasteiger partial charge on any atom is -0.346 e. The second-order valence-electron chi connectivity index (χ2n) is 6.78. The van der Waals surface area contributed by atoms with Gasteiger partial charge in [0.1, 0.15) is 17.3 Å². The average Bonchev–Trinajstić information content (AvgIpc) is 2.45. The number of rotatable bonds is 5. The number of halogens is 1. The molecule has 0 unspecified atom stereocenters. The van der Waals surface area contributed by atoms with Gasteiger partial charge in [-0.25, -0.2) is 4.39 Å². The molecule has 2 rings (SSSR count). The van der Waals surface area contributed by atoms with Crippen molar-refractivity contribution in [3.05, 3.63) is 65.2 Å². The van der Waals surface area contributed by atoms with E-state index in [1.165, 1.54) is 18.3 Å². The van der Waals surface area contributed by atoms with E-state index in [-0.39, 0.29) is 41.6 Å². The fourth-order valence-electron chi connectivity index (χ4n) is 2.28. The Kier molecular flexibility index (Phi) is 5.44. The number of amides is 1. The average molecular weight is 328 g/mol. The number of aromatic nitrogens is 1. The molecule has 126 valence electrons. The van der Waals surface area contributed by atoms with Gasteiger partial charge in [0.15, 0.2) is 0 Å². The van der Waals surface area contributed by atoms with Gasteiger partial charge in [-0.15, -0.1) is 0 Å². The third kappa shape index (κ3) is 5.57. The third-order valence-electron chi connectivity index (χ3n) is 3.24. The van der Waals surface area contributed by atoms with E-state index in [1.807, 2.05) is 20.8 Å². The summed E-state index contributed by atoms with van der Waals surface area (Å²) in [6, 6.07) is 9.32. The Morgan fingerprint density at radius 1 is 1.08 bits per heavy atom. The van der Waals surface area contributed by atoms with Crippen molar-refractivity contribution in [1.29, 1.82) is 0 Å². The van der Waals surface area contributed by atoms with Gasteiger partial charge in [0.2, 0.25) is 0 Å². The summed E-state index contributed by atoms with van der Waals surface area (Å²) in [5.41, 5.74) is 1.27. The normalized spacial score (nSPS) is 11.2. The van der Waals surface area contributed by atoms with Crippen LogP contribution in [-0.2, 0) is 17.6 Å². The van der Waals surface area contributed by atoms with Crippen LogP contribution in [0.5, 0.6) is 0 Å². The summed E-state index contributed by atoms with van der Waals surface area (Å²) in [6.45, 7) is 5.66. The Balaban J connectivity index is 2.03. The molecule has 0 radical (unpaired) electrons. The molecule has 0 saturated heterocycles. The molecule has 1 amide bonds. The van der Waals surface area contributed by atoms with Crippen LogP contribution in [-0.4, -0.2) is 22.2 Å². The van der Waals surface area contributed by atoms with Crippen LogP contribution >= 0.6 is 0 Å². The quantitative estimate of drug-likeness (QED) is 0.917. The highest BCUT2D eigenvalue weighted by Crippen LogP contribution is 2.09. The number of carbonyl (C=O) groups excluding carboxylic acids is 2. The van der Waals surface area contributed by atoms with Crippen molar-refractivity contribution in [1.82, 2.24) is 10.3 Å². The van der Waals surface area contributed by atoms with E-state index in [4.69, 9.17) is 0 Å². The predicted molar refractivity (Wildman–Crippen MR) is 90.3 cm³/mol. The number of hydrogen-bond donors (Lipinski definition) is 1. The maximum absolute atomic E-state index is 13.2. The Labute approximate surface area is 141 Å². The number of pyridine rings is 1. The first-order valence-electron chi connectivity index (χ1n) is 7.76. The van der Waals surface area contributed by atoms with Crippen molar-refractivity contribution >= 4 is 11.7 Å². The monoisotopic (exact) mass is 328 g/mol. The van der Waals surface area contributed by atoms with Crippen LogP contribution in [0.3, 0.4) is 0 Å². The zero-order valence-electron chi connectivity index (χ0n) is 14.1. The molecule has 4 nitrogen and oxygen atoms in total. The van der Waals surface area contributed by atoms with Crippen LogP contribution in [0.4, 0.5) is 4.39 Å². The standard InChI is InChI=1S/C19H21FN2O2/c1-19(2,3)22-18(24)17-12-14(7-8-21-17)11-16(23)10-13-5-4-6-15(20)9-13/h4-9,12H,10-11H2,1-3H3,(H,22,24). The number of nitrogens with one attached hydrogen (secondary N) is 1. The Morgan fingerprint density at radius 2 is 1.75 bits per heavy atom. The molecule has 1 N–H and O–H groups in total. The van der Waals surface area contributed by atoms with Gasteiger partial charge in [0.25, 0.3) is 5.91 Å². The van der Waals surface area contributed by atoms with Gasteiger partial charge in [-0.1, -0.05) is 12.1 Å². The second kappa shape index (κ2) is 7.34. The number of carbonyl (C=O) groups is 2. The van der Waals surface area contributed by atoms with Gasteiger partial charge in [-0.3, -0.25) is 14.6 Å². The molecular formula is C19H21FN2O2. The zero-order valence-corrected chi connectivity index (χ0v) is 14.1. The number of hydrogen-bond acceptors (Lipinski definition) is 3. The minimum atomic E-state index is -0.359. The molecule has 0 aliphatic rings. The molecular weight excluding hydrogens is 307 g/mol. The van der Waals surface area contributed by atoms with Gasteiger partial charge in [-0.05, 0) is 56.2 Å². The van der Waals surface area contributed by atoms with E-state index in [9.17, 15) is 14.0 Å². The van der Waals surface area contributed by atoms with Crippen molar-refractivity contribution < 1.29 is 14.0 Å². The molecule has 2 aromatic rings. The number of ketones is 1. The maximum Gasteiger partial charge on any atom is 0.270 e. The smallest absolute Gasteiger partial charge is 0.270 e. The lowest BCUT2D eigenvalue weighted by molar-refractivity contribution is -0.117. The van der Waals surface area contributed by atoms with E-state index in [0.29, 0.717) is 11.1 Å². The molecule has 0 fully saturated rings. The maximum atomic E-state index is 13.2. The van der Waals surface area contributed by atoms with E-state index in [1.54, 1.807) is 24.3 Å². The van der Waals surface area contributed by atoms with Crippen molar-refractivity contribution in [2.75, 3.05) is 0 Å². The van der Waals surface area contributed by atoms with E-state index >= 15 is 0 Å². The fraction of sp³-hybridized carbons (Fsp3) is 0.316. The first-order chi connectivity index (χ1) is 11.2. The lowest BCUT2D eigenvalue weighted by Gasteiger charge is -2.20. The molecule has 1 heterocycles. The lowest BCUT2D eigenvalue weighted by atomic mass is 10.0. The van der Waals surface area contributed by atoms with Crippen molar-refractivity contribution in [2.45, 2.75) is 39.2 Å². The van der Waals surface area contributed by atoms with Gasteiger partial charge >= 0.3 is 0 Å². The summed E-state index contributed by atoms with van der Waals surface area (Å²) in [5, 5.41) is 2.83.